The van der Waals surface area contributed by atoms with Gasteiger partial charge in [-0.15, -0.1) is 0 Å². The zero-order valence-corrected chi connectivity index (χ0v) is 16.5. The highest BCUT2D eigenvalue weighted by Crippen LogP contribution is 2.32. The molecule has 0 radical (unpaired) electrons. The van der Waals surface area contributed by atoms with Crippen LogP contribution in [0.2, 0.25) is 0 Å². The minimum Gasteiger partial charge on any atom is -0.454 e. The van der Waals surface area contributed by atoms with Crippen LogP contribution in [-0.2, 0) is 26.0 Å². The molecule has 3 rings (SSSR count). The molecule has 0 spiro atoms. The second-order valence-corrected chi connectivity index (χ2v) is 9.02. The summed E-state index contributed by atoms with van der Waals surface area (Å²) < 4.78 is 42.5. The number of nitrogens with one attached hydrogen (secondary N) is 1. The molecule has 1 aromatic carbocycles. The molecule has 1 aromatic rings. The van der Waals surface area contributed by atoms with Gasteiger partial charge in [0.15, 0.2) is 11.5 Å². The third kappa shape index (κ3) is 5.33. The maximum absolute atomic E-state index is 12.4. The summed E-state index contributed by atoms with van der Waals surface area (Å²) in [6.45, 7) is 4.73. The lowest BCUT2D eigenvalue weighted by atomic mass is 10.1. The number of benzene rings is 1. The molecule has 27 heavy (non-hydrogen) atoms. The van der Waals surface area contributed by atoms with E-state index in [1.807, 2.05) is 32.0 Å². The van der Waals surface area contributed by atoms with Crippen LogP contribution >= 0.6 is 0 Å². The lowest BCUT2D eigenvalue weighted by Crippen LogP contribution is -2.49. The highest BCUT2D eigenvalue weighted by Gasteiger charge is 2.30. The van der Waals surface area contributed by atoms with E-state index in [9.17, 15) is 13.2 Å². The Balaban J connectivity index is 1.41. The predicted molar refractivity (Wildman–Crippen MR) is 99.3 cm³/mol. The summed E-state index contributed by atoms with van der Waals surface area (Å²) in [5.41, 5.74) is 0.971. The van der Waals surface area contributed by atoms with Crippen molar-refractivity contribution in [3.63, 3.8) is 0 Å². The van der Waals surface area contributed by atoms with Crippen molar-refractivity contribution in [1.82, 2.24) is 9.62 Å². The molecular formula is C18H26N2O6S. The fraction of sp³-hybridized carbons (Fsp3) is 0.611. The number of hydrogen-bond donors (Lipinski definition) is 1. The molecule has 2 atom stereocenters. The first-order chi connectivity index (χ1) is 12.8. The van der Waals surface area contributed by atoms with Crippen LogP contribution in [0.4, 0.5) is 0 Å². The molecule has 1 amide bonds. The normalized spacial score (nSPS) is 22.6. The van der Waals surface area contributed by atoms with Gasteiger partial charge in [-0.3, -0.25) is 4.79 Å². The minimum absolute atomic E-state index is 0.0996. The van der Waals surface area contributed by atoms with Gasteiger partial charge in [0.05, 0.1) is 18.0 Å². The predicted octanol–water partition coefficient (Wildman–Crippen LogP) is 0.903. The molecular weight excluding hydrogens is 372 g/mol. The smallest absolute Gasteiger partial charge is 0.231 e. The summed E-state index contributed by atoms with van der Waals surface area (Å²) in [4.78, 5) is 12.0. The van der Waals surface area contributed by atoms with Crippen molar-refractivity contribution in [2.45, 2.75) is 38.9 Å². The Labute approximate surface area is 159 Å². The molecule has 2 heterocycles. The lowest BCUT2D eigenvalue weighted by molar-refractivity contribution is -0.120. The molecule has 1 saturated heterocycles. The number of hydrogen-bond acceptors (Lipinski definition) is 6. The van der Waals surface area contributed by atoms with E-state index in [2.05, 4.69) is 5.32 Å². The molecule has 8 nitrogen and oxygen atoms in total. The average Bonchev–Trinajstić information content (AvgIpc) is 3.06. The summed E-state index contributed by atoms with van der Waals surface area (Å²) in [5, 5.41) is 2.69. The van der Waals surface area contributed by atoms with Crippen molar-refractivity contribution < 1.29 is 27.4 Å². The van der Waals surface area contributed by atoms with Crippen molar-refractivity contribution in [3.8, 4) is 11.5 Å². The largest absolute Gasteiger partial charge is 0.454 e. The number of aryl methyl sites for hydroxylation is 1. The van der Waals surface area contributed by atoms with Gasteiger partial charge < -0.3 is 19.5 Å². The molecule has 2 aliphatic heterocycles. The van der Waals surface area contributed by atoms with E-state index in [1.54, 1.807) is 0 Å². The van der Waals surface area contributed by atoms with E-state index < -0.39 is 10.0 Å². The summed E-state index contributed by atoms with van der Waals surface area (Å²) in [5.74, 6) is 1.11. The second kappa shape index (κ2) is 8.45. The van der Waals surface area contributed by atoms with Gasteiger partial charge in [-0.25, -0.2) is 8.42 Å². The molecule has 0 bridgehead atoms. The Morgan fingerprint density at radius 3 is 2.63 bits per heavy atom. The molecule has 0 unspecified atom stereocenters. The van der Waals surface area contributed by atoms with Crippen LogP contribution in [0.1, 0.15) is 25.8 Å². The Morgan fingerprint density at radius 1 is 1.19 bits per heavy atom. The van der Waals surface area contributed by atoms with Crippen LogP contribution in [0.5, 0.6) is 11.5 Å². The van der Waals surface area contributed by atoms with E-state index in [0.717, 1.165) is 5.56 Å². The number of nitrogens with zero attached hydrogens (tertiary/aromatic N) is 1. The third-order valence-corrected chi connectivity index (χ3v) is 6.34. The van der Waals surface area contributed by atoms with Gasteiger partial charge in [0.2, 0.25) is 22.7 Å². The van der Waals surface area contributed by atoms with Crippen molar-refractivity contribution in [2.75, 3.05) is 32.2 Å². The first kappa shape index (κ1) is 19.9. The first-order valence-corrected chi connectivity index (χ1v) is 10.7. The second-order valence-electron chi connectivity index (χ2n) is 6.93. The van der Waals surface area contributed by atoms with Crippen LogP contribution < -0.4 is 14.8 Å². The van der Waals surface area contributed by atoms with Gasteiger partial charge in [0.25, 0.3) is 0 Å². The number of amides is 1. The lowest BCUT2D eigenvalue weighted by Gasteiger charge is -2.34. The van der Waals surface area contributed by atoms with Crippen molar-refractivity contribution in [1.29, 1.82) is 0 Å². The number of rotatable bonds is 7. The monoisotopic (exact) mass is 398 g/mol. The summed E-state index contributed by atoms with van der Waals surface area (Å²) in [7, 11) is -3.41. The Bertz CT molecular complexity index is 772. The van der Waals surface area contributed by atoms with E-state index in [1.165, 1.54) is 4.31 Å². The van der Waals surface area contributed by atoms with Crippen LogP contribution in [0.3, 0.4) is 0 Å². The van der Waals surface area contributed by atoms with E-state index in [-0.39, 0.29) is 43.6 Å². The van der Waals surface area contributed by atoms with Crippen LogP contribution in [0.25, 0.3) is 0 Å². The van der Waals surface area contributed by atoms with Crippen molar-refractivity contribution in [3.05, 3.63) is 23.8 Å². The number of ether oxygens (including phenoxy) is 3. The summed E-state index contributed by atoms with van der Waals surface area (Å²) >= 11 is 0. The first-order valence-electron chi connectivity index (χ1n) is 9.12. The topological polar surface area (TPSA) is 94.2 Å². The summed E-state index contributed by atoms with van der Waals surface area (Å²) in [6.07, 6.45) is 0.582. The molecule has 0 aromatic heterocycles. The highest BCUT2D eigenvalue weighted by atomic mass is 32.2. The van der Waals surface area contributed by atoms with Crippen molar-refractivity contribution in [2.24, 2.45) is 0 Å². The zero-order valence-electron chi connectivity index (χ0n) is 15.6. The molecule has 1 fully saturated rings. The minimum atomic E-state index is -3.41. The van der Waals surface area contributed by atoms with Gasteiger partial charge >= 0.3 is 0 Å². The Hall–Kier alpha value is -1.84. The van der Waals surface area contributed by atoms with Gasteiger partial charge in [0.1, 0.15) is 0 Å². The third-order valence-electron chi connectivity index (χ3n) is 4.54. The zero-order chi connectivity index (χ0) is 19.4. The average molecular weight is 398 g/mol. The molecule has 0 aliphatic carbocycles. The van der Waals surface area contributed by atoms with Gasteiger partial charge in [-0.1, -0.05) is 6.07 Å². The van der Waals surface area contributed by atoms with Gasteiger partial charge in [0, 0.05) is 26.1 Å². The number of fused-ring (bicyclic) bond motifs is 1. The van der Waals surface area contributed by atoms with Gasteiger partial charge in [-0.05, 0) is 38.0 Å². The molecule has 150 valence electrons. The number of carbonyl (C=O) groups is 1. The fourth-order valence-corrected chi connectivity index (χ4v) is 4.74. The SMILES string of the molecule is C[C@@H]1CN(S(=O)(=O)CCNC(=O)CCc2ccc3c(c2)OCO3)C[C@H](C)O1. The van der Waals surface area contributed by atoms with Crippen LogP contribution in [0, 0.1) is 0 Å². The maximum Gasteiger partial charge on any atom is 0.231 e. The molecule has 0 saturated carbocycles. The number of morpholine rings is 1. The highest BCUT2D eigenvalue weighted by molar-refractivity contribution is 7.89. The van der Waals surface area contributed by atoms with Gasteiger partial charge in [-0.2, -0.15) is 4.31 Å². The molecule has 1 N–H and O–H groups in total. The Kier molecular flexibility index (Phi) is 6.23. The van der Waals surface area contributed by atoms with Crippen LogP contribution in [-0.4, -0.2) is 63.0 Å². The summed E-state index contributed by atoms with van der Waals surface area (Å²) in [6, 6.07) is 5.58. The fourth-order valence-electron chi connectivity index (χ4n) is 3.25. The number of carbonyl (C=O) groups excluding carboxylic acids is 1. The molecule has 2 aliphatic rings. The van der Waals surface area contributed by atoms with E-state index in [0.29, 0.717) is 31.0 Å². The molecule has 9 heteroatoms. The standard InChI is InChI=1S/C18H26N2O6S/c1-13-10-20(11-14(2)26-13)27(22,23)8-7-19-18(21)6-4-15-3-5-16-17(9-15)25-12-24-16/h3,5,9,13-14H,4,6-8,10-12H2,1-2H3,(H,19,21)/t13-,14+. The van der Waals surface area contributed by atoms with Crippen LogP contribution in [0.15, 0.2) is 18.2 Å². The maximum atomic E-state index is 12.4. The van der Waals surface area contributed by atoms with E-state index in [4.69, 9.17) is 14.2 Å². The quantitative estimate of drug-likeness (QED) is 0.734. The van der Waals surface area contributed by atoms with E-state index >= 15 is 0 Å². The Morgan fingerprint density at radius 2 is 1.89 bits per heavy atom. The number of sulfonamides is 1. The van der Waals surface area contributed by atoms with Crippen molar-refractivity contribution >= 4 is 15.9 Å².